The molecule has 0 unspecified atom stereocenters. The van der Waals surface area contributed by atoms with Crippen molar-refractivity contribution in [2.24, 2.45) is 0 Å². The Morgan fingerprint density at radius 1 is 1.47 bits per heavy atom. The van der Waals surface area contributed by atoms with E-state index in [0.29, 0.717) is 6.54 Å². The topological polar surface area (TPSA) is 28.2 Å². The Morgan fingerprint density at radius 2 is 2.29 bits per heavy atom. The van der Waals surface area contributed by atoms with Crippen molar-refractivity contribution in [1.29, 1.82) is 0 Å². The molecular formula is C14H21N3. The number of hydrogen-bond donors (Lipinski definition) is 1. The summed E-state index contributed by atoms with van der Waals surface area (Å²) in [4.78, 5) is 6.55. The third kappa shape index (κ3) is 4.08. The van der Waals surface area contributed by atoms with Gasteiger partial charge < -0.3 is 10.2 Å². The minimum atomic E-state index is 0.605. The Bertz CT molecular complexity index is 368. The van der Waals surface area contributed by atoms with Crippen LogP contribution >= 0.6 is 0 Å². The van der Waals surface area contributed by atoms with E-state index < -0.39 is 0 Å². The number of nitrogens with one attached hydrogen (secondary N) is 1. The van der Waals surface area contributed by atoms with Gasteiger partial charge in [-0.15, -0.1) is 6.42 Å². The molecule has 0 aromatic carbocycles. The van der Waals surface area contributed by atoms with Crippen LogP contribution < -0.4 is 10.2 Å². The fourth-order valence-electron chi connectivity index (χ4n) is 1.70. The quantitative estimate of drug-likeness (QED) is 0.575. The van der Waals surface area contributed by atoms with E-state index in [1.807, 2.05) is 12.3 Å². The molecule has 0 saturated heterocycles. The van der Waals surface area contributed by atoms with E-state index in [2.05, 4.69) is 41.0 Å². The number of aromatic nitrogens is 1. The number of terminal acetylenes is 1. The highest BCUT2D eigenvalue weighted by molar-refractivity contribution is 5.47. The average molecular weight is 231 g/mol. The third-order valence-corrected chi connectivity index (χ3v) is 2.57. The number of nitrogens with zero attached hydrogens (tertiary/aromatic N) is 2. The van der Waals surface area contributed by atoms with Crippen LogP contribution in [0.15, 0.2) is 18.3 Å². The smallest absolute Gasteiger partial charge is 0.133 e. The van der Waals surface area contributed by atoms with Gasteiger partial charge in [0.2, 0.25) is 0 Å². The van der Waals surface area contributed by atoms with E-state index in [1.165, 1.54) is 5.56 Å². The summed E-state index contributed by atoms with van der Waals surface area (Å²) in [6.45, 7) is 7.60. The molecule has 1 aromatic heterocycles. The van der Waals surface area contributed by atoms with Crippen molar-refractivity contribution in [2.45, 2.75) is 26.8 Å². The first-order valence-electron chi connectivity index (χ1n) is 6.16. The van der Waals surface area contributed by atoms with Crippen LogP contribution in [0.2, 0.25) is 0 Å². The van der Waals surface area contributed by atoms with Crippen LogP contribution in [0.3, 0.4) is 0 Å². The van der Waals surface area contributed by atoms with Crippen molar-refractivity contribution in [3.63, 3.8) is 0 Å². The van der Waals surface area contributed by atoms with Crippen LogP contribution in [0.1, 0.15) is 25.8 Å². The van der Waals surface area contributed by atoms with Gasteiger partial charge in [-0.25, -0.2) is 4.98 Å². The molecule has 1 N–H and O–H groups in total. The largest absolute Gasteiger partial charge is 0.345 e. The number of anilines is 1. The molecule has 0 saturated carbocycles. The zero-order valence-electron chi connectivity index (χ0n) is 10.7. The summed E-state index contributed by atoms with van der Waals surface area (Å²) in [5.74, 6) is 3.67. The normalized spacial score (nSPS) is 9.94. The summed E-state index contributed by atoms with van der Waals surface area (Å²) in [6.07, 6.45) is 8.33. The summed E-state index contributed by atoms with van der Waals surface area (Å²) < 4.78 is 0. The van der Waals surface area contributed by atoms with Crippen LogP contribution in [0.5, 0.6) is 0 Å². The number of rotatable bonds is 7. The molecule has 3 heteroatoms. The fraction of sp³-hybridized carbons (Fsp3) is 0.500. The van der Waals surface area contributed by atoms with Crippen LogP contribution in [0, 0.1) is 12.3 Å². The van der Waals surface area contributed by atoms with Crippen molar-refractivity contribution < 1.29 is 0 Å². The van der Waals surface area contributed by atoms with Crippen LogP contribution in [0.25, 0.3) is 0 Å². The molecule has 0 aliphatic heterocycles. The molecule has 0 radical (unpaired) electrons. The number of pyridine rings is 1. The Morgan fingerprint density at radius 3 is 2.94 bits per heavy atom. The summed E-state index contributed by atoms with van der Waals surface area (Å²) >= 11 is 0. The lowest BCUT2D eigenvalue weighted by atomic mass is 10.2. The van der Waals surface area contributed by atoms with E-state index in [0.717, 1.165) is 31.9 Å². The highest BCUT2D eigenvalue weighted by Gasteiger charge is 2.09. The molecule has 0 amide bonds. The molecule has 0 aliphatic carbocycles. The second-order valence-corrected chi connectivity index (χ2v) is 3.88. The second kappa shape index (κ2) is 7.70. The number of hydrogen-bond acceptors (Lipinski definition) is 3. The fourth-order valence-corrected chi connectivity index (χ4v) is 1.70. The molecule has 1 aromatic rings. The van der Waals surface area contributed by atoms with Gasteiger partial charge in [-0.2, -0.15) is 0 Å². The van der Waals surface area contributed by atoms with Crippen LogP contribution in [-0.4, -0.2) is 24.6 Å². The van der Waals surface area contributed by atoms with E-state index in [9.17, 15) is 0 Å². The maximum atomic E-state index is 5.38. The molecule has 0 bridgehead atoms. The van der Waals surface area contributed by atoms with Gasteiger partial charge in [0.25, 0.3) is 0 Å². The average Bonchev–Trinajstić information content (AvgIpc) is 2.37. The monoisotopic (exact) mass is 231 g/mol. The lowest BCUT2D eigenvalue weighted by Crippen LogP contribution is -2.26. The van der Waals surface area contributed by atoms with E-state index in [1.54, 1.807) is 0 Å². The Kier molecular flexibility index (Phi) is 6.13. The maximum absolute atomic E-state index is 5.38. The molecule has 1 heterocycles. The molecule has 3 nitrogen and oxygen atoms in total. The molecular weight excluding hydrogens is 210 g/mol. The van der Waals surface area contributed by atoms with Gasteiger partial charge >= 0.3 is 0 Å². The predicted octanol–water partition coefficient (Wildman–Crippen LogP) is 2.04. The first-order valence-corrected chi connectivity index (χ1v) is 6.16. The standard InChI is InChI=1S/C14H21N3/c1-4-9-15-12-13-8-7-10-16-14(13)17(6-3)11-5-2/h2,7-8,10,15H,4,6,9,11-12H2,1,3H3. The molecule has 92 valence electrons. The van der Waals surface area contributed by atoms with Gasteiger partial charge in [0.15, 0.2) is 0 Å². The Hall–Kier alpha value is -1.53. The zero-order chi connectivity index (χ0) is 12.5. The predicted molar refractivity (Wildman–Crippen MR) is 73.0 cm³/mol. The highest BCUT2D eigenvalue weighted by Crippen LogP contribution is 2.16. The van der Waals surface area contributed by atoms with Crippen molar-refractivity contribution in [3.8, 4) is 12.3 Å². The summed E-state index contributed by atoms with van der Waals surface area (Å²) in [6, 6.07) is 4.07. The lowest BCUT2D eigenvalue weighted by molar-refractivity contribution is 0.671. The van der Waals surface area contributed by atoms with Gasteiger partial charge in [0.05, 0.1) is 6.54 Å². The first kappa shape index (κ1) is 13.5. The van der Waals surface area contributed by atoms with E-state index >= 15 is 0 Å². The molecule has 17 heavy (non-hydrogen) atoms. The van der Waals surface area contributed by atoms with E-state index in [-0.39, 0.29) is 0 Å². The molecule has 1 rings (SSSR count). The minimum absolute atomic E-state index is 0.605. The molecule has 0 aliphatic rings. The minimum Gasteiger partial charge on any atom is -0.345 e. The van der Waals surface area contributed by atoms with Crippen molar-refractivity contribution in [2.75, 3.05) is 24.5 Å². The molecule has 0 spiro atoms. The van der Waals surface area contributed by atoms with Crippen molar-refractivity contribution >= 4 is 5.82 Å². The van der Waals surface area contributed by atoms with Gasteiger partial charge in [-0.3, -0.25) is 0 Å². The van der Waals surface area contributed by atoms with Gasteiger partial charge in [0, 0.05) is 24.8 Å². The van der Waals surface area contributed by atoms with E-state index in [4.69, 9.17) is 6.42 Å². The maximum Gasteiger partial charge on any atom is 0.133 e. The lowest BCUT2D eigenvalue weighted by Gasteiger charge is -2.22. The van der Waals surface area contributed by atoms with Gasteiger partial charge in [-0.05, 0) is 26.0 Å². The zero-order valence-corrected chi connectivity index (χ0v) is 10.7. The Balaban J connectivity index is 2.79. The van der Waals surface area contributed by atoms with Crippen molar-refractivity contribution in [1.82, 2.24) is 10.3 Å². The SMILES string of the molecule is C#CCN(CC)c1ncccc1CNCCC. The summed E-state index contributed by atoms with van der Waals surface area (Å²) in [5, 5.41) is 3.39. The first-order chi connectivity index (χ1) is 8.33. The summed E-state index contributed by atoms with van der Waals surface area (Å²) in [5.41, 5.74) is 1.21. The van der Waals surface area contributed by atoms with Gasteiger partial charge in [0.1, 0.15) is 5.82 Å². The Labute approximate surface area is 104 Å². The van der Waals surface area contributed by atoms with Crippen LogP contribution in [-0.2, 0) is 6.54 Å². The van der Waals surface area contributed by atoms with Crippen LogP contribution in [0.4, 0.5) is 5.82 Å². The molecule has 0 atom stereocenters. The van der Waals surface area contributed by atoms with Crippen molar-refractivity contribution in [3.05, 3.63) is 23.9 Å². The second-order valence-electron chi connectivity index (χ2n) is 3.88. The third-order valence-electron chi connectivity index (χ3n) is 2.57. The van der Waals surface area contributed by atoms with Gasteiger partial charge in [-0.1, -0.05) is 18.9 Å². The molecule has 0 fully saturated rings. The highest BCUT2D eigenvalue weighted by atomic mass is 15.2. The summed E-state index contributed by atoms with van der Waals surface area (Å²) in [7, 11) is 0.